The van der Waals surface area contributed by atoms with Crippen LogP contribution in [0.3, 0.4) is 0 Å². The van der Waals surface area contributed by atoms with Crippen LogP contribution >= 0.6 is 34.8 Å². The molecule has 2 aromatic carbocycles. The van der Waals surface area contributed by atoms with Crippen molar-refractivity contribution >= 4 is 56.6 Å². The number of ketones is 1. The van der Waals surface area contributed by atoms with E-state index in [9.17, 15) is 18.0 Å². The highest BCUT2D eigenvalue weighted by atomic mass is 35.5. The van der Waals surface area contributed by atoms with Gasteiger partial charge in [0.1, 0.15) is 0 Å². The van der Waals surface area contributed by atoms with Crippen LogP contribution in [-0.2, 0) is 14.8 Å². The van der Waals surface area contributed by atoms with Crippen LogP contribution < -0.4 is 4.72 Å². The second-order valence-corrected chi connectivity index (χ2v) is 9.92. The maximum absolute atomic E-state index is 12.8. The molecular formula is C21H22Cl3NO5S. The van der Waals surface area contributed by atoms with E-state index in [-0.39, 0.29) is 39.0 Å². The Morgan fingerprint density at radius 3 is 2.19 bits per heavy atom. The van der Waals surface area contributed by atoms with E-state index in [4.69, 9.17) is 39.9 Å². The third kappa shape index (κ3) is 7.77. The Morgan fingerprint density at radius 2 is 1.52 bits per heavy atom. The summed E-state index contributed by atoms with van der Waals surface area (Å²) in [6.07, 6.45) is 3.77. The van der Waals surface area contributed by atoms with Crippen molar-refractivity contribution in [1.29, 1.82) is 0 Å². The number of hydrogen-bond acceptors (Lipinski definition) is 4. The summed E-state index contributed by atoms with van der Waals surface area (Å²) >= 11 is 18.1. The lowest BCUT2D eigenvalue weighted by Crippen LogP contribution is -2.25. The predicted octanol–water partition coefficient (Wildman–Crippen LogP) is 5.58. The zero-order chi connectivity index (χ0) is 23.0. The SMILES string of the molecule is O=C(O)CCCCCCCNS(=O)(=O)c1ccc(Cl)c(C(=O)c2ccc(Cl)cc2Cl)c1. The quantitative estimate of drug-likeness (QED) is 0.289. The molecule has 10 heteroatoms. The van der Waals surface area contributed by atoms with Gasteiger partial charge in [-0.1, -0.05) is 54.1 Å². The summed E-state index contributed by atoms with van der Waals surface area (Å²) in [4.78, 5) is 23.2. The van der Waals surface area contributed by atoms with Gasteiger partial charge in [-0.15, -0.1) is 0 Å². The molecule has 0 atom stereocenters. The number of benzene rings is 2. The molecule has 0 amide bonds. The van der Waals surface area contributed by atoms with Crippen molar-refractivity contribution in [1.82, 2.24) is 4.72 Å². The number of unbranched alkanes of at least 4 members (excludes halogenated alkanes) is 4. The lowest BCUT2D eigenvalue weighted by atomic mass is 10.0. The number of carboxylic acids is 1. The molecule has 0 radical (unpaired) electrons. The third-order valence-electron chi connectivity index (χ3n) is 4.53. The molecule has 2 rings (SSSR count). The summed E-state index contributed by atoms with van der Waals surface area (Å²) in [6.45, 7) is 0.232. The molecule has 0 bridgehead atoms. The molecule has 0 fully saturated rings. The molecule has 31 heavy (non-hydrogen) atoms. The molecule has 0 spiro atoms. The molecule has 0 heterocycles. The second kappa shape index (κ2) is 11.8. The van der Waals surface area contributed by atoms with E-state index in [1.54, 1.807) is 0 Å². The minimum Gasteiger partial charge on any atom is -0.481 e. The summed E-state index contributed by atoms with van der Waals surface area (Å²) in [5.41, 5.74) is 0.186. The van der Waals surface area contributed by atoms with Crippen molar-refractivity contribution in [2.24, 2.45) is 0 Å². The Kier molecular flexibility index (Phi) is 9.78. The molecule has 2 N–H and O–H groups in total. The second-order valence-electron chi connectivity index (χ2n) is 6.90. The lowest BCUT2D eigenvalue weighted by Gasteiger charge is -2.10. The number of carbonyl (C=O) groups is 2. The first-order chi connectivity index (χ1) is 14.6. The fraction of sp³-hybridized carbons (Fsp3) is 0.333. The number of carboxylic acid groups (broad SMARTS) is 1. The van der Waals surface area contributed by atoms with Crippen LogP contribution in [0.4, 0.5) is 0 Å². The number of halogens is 3. The maximum Gasteiger partial charge on any atom is 0.303 e. The molecule has 0 unspecified atom stereocenters. The van der Waals surface area contributed by atoms with Crippen LogP contribution in [-0.4, -0.2) is 31.8 Å². The molecule has 168 valence electrons. The maximum atomic E-state index is 12.8. The number of aliphatic carboxylic acids is 1. The van der Waals surface area contributed by atoms with Crippen molar-refractivity contribution in [2.75, 3.05) is 6.54 Å². The number of carbonyl (C=O) groups excluding carboxylic acids is 1. The highest BCUT2D eigenvalue weighted by molar-refractivity contribution is 7.89. The molecule has 0 aliphatic rings. The van der Waals surface area contributed by atoms with E-state index in [0.29, 0.717) is 17.9 Å². The van der Waals surface area contributed by atoms with Crippen LogP contribution in [0.2, 0.25) is 15.1 Å². The fourth-order valence-corrected chi connectivity index (χ4v) is 4.68. The van der Waals surface area contributed by atoms with Crippen LogP contribution in [0.1, 0.15) is 54.4 Å². The highest BCUT2D eigenvalue weighted by Gasteiger charge is 2.21. The minimum absolute atomic E-state index is 0.0206. The smallest absolute Gasteiger partial charge is 0.303 e. The summed E-state index contributed by atoms with van der Waals surface area (Å²) < 4.78 is 27.7. The normalized spacial score (nSPS) is 11.5. The molecule has 0 aliphatic heterocycles. The third-order valence-corrected chi connectivity index (χ3v) is 6.86. The predicted molar refractivity (Wildman–Crippen MR) is 122 cm³/mol. The molecule has 0 saturated heterocycles. The van der Waals surface area contributed by atoms with Crippen molar-refractivity contribution in [3.05, 3.63) is 62.6 Å². The Morgan fingerprint density at radius 1 is 0.839 bits per heavy atom. The Bertz CT molecular complexity index is 1060. The van der Waals surface area contributed by atoms with Gasteiger partial charge in [-0.05, 0) is 49.2 Å². The van der Waals surface area contributed by atoms with Gasteiger partial charge in [0.25, 0.3) is 0 Å². The zero-order valence-electron chi connectivity index (χ0n) is 16.5. The summed E-state index contributed by atoms with van der Waals surface area (Å²) in [6, 6.07) is 8.31. The molecule has 0 aliphatic carbocycles. The standard InChI is InChI=1S/C21H22Cl3NO5S/c22-14-7-9-16(19(24)12-14)21(28)17-13-15(8-10-18(17)23)31(29,30)25-11-5-3-1-2-4-6-20(26)27/h7-10,12-13,25H,1-6,11H2,(H,26,27). The first-order valence-corrected chi connectivity index (χ1v) is 12.2. The van der Waals surface area contributed by atoms with Crippen LogP contribution in [0.5, 0.6) is 0 Å². The number of rotatable bonds is 12. The number of nitrogens with one attached hydrogen (secondary N) is 1. The van der Waals surface area contributed by atoms with E-state index in [1.807, 2.05) is 0 Å². The van der Waals surface area contributed by atoms with Gasteiger partial charge >= 0.3 is 5.97 Å². The van der Waals surface area contributed by atoms with Gasteiger partial charge in [0.05, 0.1) is 14.9 Å². The summed E-state index contributed by atoms with van der Waals surface area (Å²) in [5.74, 6) is -1.32. The average molecular weight is 507 g/mol. The molecule has 6 nitrogen and oxygen atoms in total. The highest BCUT2D eigenvalue weighted by Crippen LogP contribution is 2.28. The van der Waals surface area contributed by atoms with Gasteiger partial charge in [-0.25, -0.2) is 13.1 Å². The largest absolute Gasteiger partial charge is 0.481 e. The summed E-state index contributed by atoms with van der Waals surface area (Å²) in [5, 5.41) is 9.21. The van der Waals surface area contributed by atoms with Crippen LogP contribution in [0.25, 0.3) is 0 Å². The first-order valence-electron chi connectivity index (χ1n) is 9.62. The van der Waals surface area contributed by atoms with Gasteiger partial charge in [-0.2, -0.15) is 0 Å². The fourth-order valence-electron chi connectivity index (χ4n) is 2.89. The van der Waals surface area contributed by atoms with E-state index in [2.05, 4.69) is 4.72 Å². The van der Waals surface area contributed by atoms with Gasteiger partial charge in [0.15, 0.2) is 5.78 Å². The number of sulfonamides is 1. The molecule has 2 aromatic rings. The van der Waals surface area contributed by atoms with Crippen LogP contribution in [0.15, 0.2) is 41.3 Å². The monoisotopic (exact) mass is 505 g/mol. The van der Waals surface area contributed by atoms with E-state index >= 15 is 0 Å². The topological polar surface area (TPSA) is 101 Å². The number of hydrogen-bond donors (Lipinski definition) is 2. The minimum atomic E-state index is -3.83. The van der Waals surface area contributed by atoms with Crippen molar-refractivity contribution < 1.29 is 23.1 Å². The van der Waals surface area contributed by atoms with Crippen molar-refractivity contribution in [3.63, 3.8) is 0 Å². The van der Waals surface area contributed by atoms with Crippen molar-refractivity contribution in [2.45, 2.75) is 43.4 Å². The van der Waals surface area contributed by atoms with Gasteiger partial charge in [-0.3, -0.25) is 9.59 Å². The van der Waals surface area contributed by atoms with E-state index in [0.717, 1.165) is 19.3 Å². The molecule has 0 saturated carbocycles. The first kappa shape index (κ1) is 25.6. The van der Waals surface area contributed by atoms with Crippen LogP contribution in [0, 0.1) is 0 Å². The van der Waals surface area contributed by atoms with E-state index < -0.39 is 21.8 Å². The van der Waals surface area contributed by atoms with Gasteiger partial charge in [0.2, 0.25) is 10.0 Å². The Balaban J connectivity index is 2.01. The Labute approximate surface area is 196 Å². The zero-order valence-corrected chi connectivity index (χ0v) is 19.6. The lowest BCUT2D eigenvalue weighted by molar-refractivity contribution is -0.137. The van der Waals surface area contributed by atoms with E-state index in [1.165, 1.54) is 36.4 Å². The van der Waals surface area contributed by atoms with Gasteiger partial charge < -0.3 is 5.11 Å². The summed E-state index contributed by atoms with van der Waals surface area (Å²) in [7, 11) is -3.83. The Hall–Kier alpha value is -1.64. The average Bonchev–Trinajstić information content (AvgIpc) is 2.69. The molecule has 0 aromatic heterocycles. The van der Waals surface area contributed by atoms with Crippen molar-refractivity contribution in [3.8, 4) is 0 Å². The van der Waals surface area contributed by atoms with Gasteiger partial charge in [0, 0.05) is 29.1 Å². The molecular weight excluding hydrogens is 485 g/mol.